The van der Waals surface area contributed by atoms with Gasteiger partial charge in [0, 0.05) is 26.8 Å². The number of ether oxygens (including phenoxy) is 4. The molecule has 3 rings (SSSR count). The number of nitrogens with zero attached hydrogens (tertiary/aromatic N) is 1. The summed E-state index contributed by atoms with van der Waals surface area (Å²) in [6.45, 7) is 3.58. The molecule has 0 spiro atoms. The zero-order chi connectivity index (χ0) is 20.3. The molecule has 9 heteroatoms. The van der Waals surface area contributed by atoms with E-state index in [0.717, 1.165) is 10.2 Å². The molecule has 1 aliphatic heterocycles. The van der Waals surface area contributed by atoms with Gasteiger partial charge in [0.15, 0.2) is 29.1 Å². The lowest BCUT2D eigenvalue weighted by atomic mass is 10.0. The Bertz CT molecular complexity index is 902. The Morgan fingerprint density at radius 2 is 1.79 bits per heavy atom. The molecule has 28 heavy (non-hydrogen) atoms. The third-order valence-corrected chi connectivity index (χ3v) is 4.89. The second kappa shape index (κ2) is 8.39. The highest BCUT2D eigenvalue weighted by Crippen LogP contribution is 2.33. The van der Waals surface area contributed by atoms with Gasteiger partial charge in [0.25, 0.3) is 0 Å². The molecule has 0 amide bonds. The van der Waals surface area contributed by atoms with Gasteiger partial charge in [-0.3, -0.25) is 14.4 Å². The van der Waals surface area contributed by atoms with Gasteiger partial charge in [-0.2, -0.15) is 0 Å². The van der Waals surface area contributed by atoms with Crippen molar-refractivity contribution in [3.8, 4) is 0 Å². The summed E-state index contributed by atoms with van der Waals surface area (Å²) in [4.78, 5) is 38.9. The first-order valence-electron chi connectivity index (χ1n) is 8.55. The molecule has 2 heterocycles. The maximum Gasteiger partial charge on any atom is 0.303 e. The third kappa shape index (κ3) is 4.66. The maximum atomic E-state index is 11.6. The maximum absolute atomic E-state index is 11.6. The molecule has 1 aliphatic rings. The molecule has 0 N–H and O–H groups in total. The minimum atomic E-state index is -0.959. The van der Waals surface area contributed by atoms with Crippen molar-refractivity contribution in [2.24, 2.45) is 0 Å². The second-order valence-electron chi connectivity index (χ2n) is 6.12. The van der Waals surface area contributed by atoms with E-state index >= 15 is 0 Å². The summed E-state index contributed by atoms with van der Waals surface area (Å²) < 4.78 is 22.6. The molecule has 3 unspecified atom stereocenters. The van der Waals surface area contributed by atoms with Crippen LogP contribution in [0.15, 0.2) is 30.3 Å². The Morgan fingerprint density at radius 3 is 2.43 bits per heavy atom. The Morgan fingerprint density at radius 1 is 1.07 bits per heavy atom. The summed E-state index contributed by atoms with van der Waals surface area (Å²) in [5.41, 5.74) is 0.801. The van der Waals surface area contributed by atoms with Crippen LogP contribution in [0.5, 0.6) is 0 Å². The Balaban J connectivity index is 1.98. The minimum Gasteiger partial charge on any atom is -0.480 e. The van der Waals surface area contributed by atoms with E-state index in [0.29, 0.717) is 10.8 Å². The molecule has 1 aromatic carbocycles. The monoisotopic (exact) mass is 405 g/mol. The highest BCUT2D eigenvalue weighted by atomic mass is 32.1. The van der Waals surface area contributed by atoms with Crippen molar-refractivity contribution in [3.05, 3.63) is 35.3 Å². The number of carbonyl (C=O) groups excluding carboxylic acids is 3. The predicted octanol–water partition coefficient (Wildman–Crippen LogP) is 2.46. The van der Waals surface area contributed by atoms with Crippen molar-refractivity contribution in [3.63, 3.8) is 0 Å². The van der Waals surface area contributed by atoms with Crippen molar-refractivity contribution in [2.45, 2.75) is 39.1 Å². The molecule has 148 valence electrons. The zero-order valence-corrected chi connectivity index (χ0v) is 16.4. The summed E-state index contributed by atoms with van der Waals surface area (Å²) in [5, 5.41) is 0.576. The second-order valence-corrected chi connectivity index (χ2v) is 7.16. The predicted molar refractivity (Wildman–Crippen MR) is 100 cm³/mol. The van der Waals surface area contributed by atoms with Crippen LogP contribution in [-0.4, -0.2) is 47.8 Å². The first-order valence-corrected chi connectivity index (χ1v) is 9.37. The highest BCUT2D eigenvalue weighted by Gasteiger charge is 2.41. The molecule has 0 saturated heterocycles. The van der Waals surface area contributed by atoms with Gasteiger partial charge in [-0.05, 0) is 12.1 Å². The average molecular weight is 405 g/mol. The number of rotatable bonds is 5. The van der Waals surface area contributed by atoms with Crippen LogP contribution in [0, 0.1) is 0 Å². The van der Waals surface area contributed by atoms with Crippen molar-refractivity contribution >= 4 is 45.2 Å². The standard InChI is InChI=1S/C19H19NO7S/c1-10(21)24-9-16-18(26-12(3)23)14(25-11(2)22)8-15(27-16)19-20-13-6-4-5-7-17(13)28-19/h4-8,14,16,18H,9H2,1-3H3. The lowest BCUT2D eigenvalue weighted by Gasteiger charge is -2.35. The fourth-order valence-corrected chi connectivity index (χ4v) is 3.71. The number of para-hydroxylation sites is 1. The first kappa shape index (κ1) is 19.8. The van der Waals surface area contributed by atoms with Crippen LogP contribution >= 0.6 is 11.3 Å². The number of fused-ring (bicyclic) bond motifs is 1. The number of aromatic nitrogens is 1. The van der Waals surface area contributed by atoms with E-state index in [4.69, 9.17) is 18.9 Å². The molecule has 0 aliphatic carbocycles. The summed E-state index contributed by atoms with van der Waals surface area (Å²) in [5.74, 6) is -1.26. The Kier molecular flexibility index (Phi) is 5.93. The lowest BCUT2D eigenvalue weighted by molar-refractivity contribution is -0.177. The highest BCUT2D eigenvalue weighted by molar-refractivity contribution is 7.19. The Hall–Kier alpha value is -2.94. The third-order valence-electron chi connectivity index (χ3n) is 3.84. The van der Waals surface area contributed by atoms with E-state index in [1.54, 1.807) is 6.08 Å². The molecule has 8 nitrogen and oxygen atoms in total. The minimum absolute atomic E-state index is 0.173. The van der Waals surface area contributed by atoms with Crippen molar-refractivity contribution < 1.29 is 33.3 Å². The summed E-state index contributed by atoms with van der Waals surface area (Å²) in [7, 11) is 0. The number of hydrogen-bond donors (Lipinski definition) is 0. The van der Waals surface area contributed by atoms with Crippen LogP contribution in [0.4, 0.5) is 0 Å². The van der Waals surface area contributed by atoms with Gasteiger partial charge in [-0.25, -0.2) is 4.98 Å². The topological polar surface area (TPSA) is 101 Å². The molecule has 0 fully saturated rings. The fourth-order valence-electron chi connectivity index (χ4n) is 2.78. The van der Waals surface area contributed by atoms with Crippen LogP contribution in [-0.2, 0) is 33.3 Å². The first-order chi connectivity index (χ1) is 13.3. The summed E-state index contributed by atoms with van der Waals surface area (Å²) >= 11 is 1.41. The number of thiazole rings is 1. The van der Waals surface area contributed by atoms with Gasteiger partial charge in [0.1, 0.15) is 6.61 Å². The normalized spacial score (nSPS) is 21.4. The summed E-state index contributed by atoms with van der Waals surface area (Å²) in [6, 6.07) is 7.59. The van der Waals surface area contributed by atoms with Crippen molar-refractivity contribution in [1.82, 2.24) is 4.98 Å². The smallest absolute Gasteiger partial charge is 0.303 e. The molecule has 0 saturated carbocycles. The van der Waals surface area contributed by atoms with Gasteiger partial charge in [-0.15, -0.1) is 11.3 Å². The number of carbonyl (C=O) groups is 3. The van der Waals surface area contributed by atoms with Gasteiger partial charge in [-0.1, -0.05) is 12.1 Å². The van der Waals surface area contributed by atoms with Crippen LogP contribution in [0.3, 0.4) is 0 Å². The molecular weight excluding hydrogens is 386 g/mol. The molecule has 2 aromatic rings. The lowest BCUT2D eigenvalue weighted by Crippen LogP contribution is -2.48. The molecule has 1 aromatic heterocycles. The van der Waals surface area contributed by atoms with E-state index in [9.17, 15) is 14.4 Å². The SMILES string of the molecule is CC(=O)OCC1OC(c2nc3ccccc3s2)=CC(OC(C)=O)C1OC(C)=O. The van der Waals surface area contributed by atoms with Gasteiger partial charge < -0.3 is 18.9 Å². The fraction of sp³-hybridized carbons (Fsp3) is 0.368. The van der Waals surface area contributed by atoms with E-state index in [-0.39, 0.29) is 6.61 Å². The van der Waals surface area contributed by atoms with Crippen molar-refractivity contribution in [1.29, 1.82) is 0 Å². The van der Waals surface area contributed by atoms with E-state index < -0.39 is 36.2 Å². The van der Waals surface area contributed by atoms with Crippen LogP contribution < -0.4 is 0 Å². The number of esters is 3. The zero-order valence-electron chi connectivity index (χ0n) is 15.5. The van der Waals surface area contributed by atoms with Crippen LogP contribution in [0.2, 0.25) is 0 Å². The van der Waals surface area contributed by atoms with Crippen LogP contribution in [0.25, 0.3) is 16.0 Å². The molecule has 0 radical (unpaired) electrons. The van der Waals surface area contributed by atoms with E-state index in [1.807, 2.05) is 24.3 Å². The summed E-state index contributed by atoms with van der Waals surface area (Å²) in [6.07, 6.45) is -1.17. The van der Waals surface area contributed by atoms with Gasteiger partial charge in [0.05, 0.1) is 10.2 Å². The van der Waals surface area contributed by atoms with E-state index in [2.05, 4.69) is 4.98 Å². The number of benzene rings is 1. The number of hydrogen-bond acceptors (Lipinski definition) is 9. The Labute approximate surface area is 165 Å². The molecule has 3 atom stereocenters. The molecular formula is C19H19NO7S. The van der Waals surface area contributed by atoms with Crippen molar-refractivity contribution in [2.75, 3.05) is 6.61 Å². The largest absolute Gasteiger partial charge is 0.480 e. The molecule has 0 bridgehead atoms. The quantitative estimate of drug-likeness (QED) is 0.552. The van der Waals surface area contributed by atoms with E-state index in [1.165, 1.54) is 32.1 Å². The van der Waals surface area contributed by atoms with Crippen LogP contribution in [0.1, 0.15) is 25.8 Å². The average Bonchev–Trinajstić information content (AvgIpc) is 3.05. The van der Waals surface area contributed by atoms with Gasteiger partial charge in [0.2, 0.25) is 0 Å². The van der Waals surface area contributed by atoms with Gasteiger partial charge >= 0.3 is 17.9 Å².